The molecule has 0 bridgehead atoms. The number of likely N-dealkylation sites (tertiary alicyclic amines) is 1. The lowest BCUT2D eigenvalue weighted by Crippen LogP contribution is -2.37. The van der Waals surface area contributed by atoms with Gasteiger partial charge in [-0.2, -0.15) is 0 Å². The summed E-state index contributed by atoms with van der Waals surface area (Å²) in [4.78, 5) is 23.7. The van der Waals surface area contributed by atoms with Crippen molar-refractivity contribution in [3.05, 3.63) is 0 Å². The molecule has 13 heavy (non-hydrogen) atoms. The number of esters is 1. The van der Waals surface area contributed by atoms with Crippen molar-refractivity contribution in [2.45, 2.75) is 19.4 Å². The maximum absolute atomic E-state index is 11.3. The van der Waals surface area contributed by atoms with E-state index in [1.54, 1.807) is 6.92 Å². The van der Waals surface area contributed by atoms with E-state index in [1.807, 2.05) is 0 Å². The first-order chi connectivity index (χ1) is 6.15. The predicted molar refractivity (Wildman–Crippen MR) is 45.8 cm³/mol. The highest BCUT2D eigenvalue weighted by molar-refractivity contribution is 6.32. The molecule has 0 unspecified atom stereocenters. The molecule has 1 aliphatic heterocycles. The van der Waals surface area contributed by atoms with Gasteiger partial charge in [0, 0.05) is 19.1 Å². The fraction of sp³-hybridized carbons (Fsp3) is 0.750. The maximum Gasteiger partial charge on any atom is 0.397 e. The SMILES string of the molecule is CCOC(=O)C(=O)N1CC[C@@H](N)C1. The van der Waals surface area contributed by atoms with Crippen molar-refractivity contribution in [1.29, 1.82) is 0 Å². The molecule has 74 valence electrons. The normalized spacial score (nSPS) is 21.7. The Morgan fingerprint density at radius 2 is 2.31 bits per heavy atom. The number of ether oxygens (including phenoxy) is 1. The second-order valence-electron chi connectivity index (χ2n) is 3.02. The average Bonchev–Trinajstić information content (AvgIpc) is 2.51. The standard InChI is InChI=1S/C8H14N2O3/c1-2-13-8(12)7(11)10-4-3-6(9)5-10/h6H,2-5,9H2,1H3/t6-/m1/s1. The van der Waals surface area contributed by atoms with Gasteiger partial charge in [-0.05, 0) is 13.3 Å². The third kappa shape index (κ3) is 2.42. The van der Waals surface area contributed by atoms with Gasteiger partial charge in [0.2, 0.25) is 0 Å². The van der Waals surface area contributed by atoms with E-state index in [9.17, 15) is 9.59 Å². The second kappa shape index (κ2) is 4.23. The third-order valence-corrected chi connectivity index (χ3v) is 1.96. The Hall–Kier alpha value is -1.10. The molecule has 0 aromatic heterocycles. The molecule has 1 amide bonds. The molecule has 1 heterocycles. The van der Waals surface area contributed by atoms with Crippen molar-refractivity contribution in [2.24, 2.45) is 5.73 Å². The van der Waals surface area contributed by atoms with E-state index in [2.05, 4.69) is 4.74 Å². The lowest BCUT2D eigenvalue weighted by atomic mass is 10.3. The minimum atomic E-state index is -0.781. The monoisotopic (exact) mass is 186 g/mol. The molecule has 0 aromatic carbocycles. The topological polar surface area (TPSA) is 72.6 Å². The van der Waals surface area contributed by atoms with Crippen molar-refractivity contribution in [3.8, 4) is 0 Å². The number of rotatable bonds is 1. The van der Waals surface area contributed by atoms with Crippen molar-refractivity contribution >= 4 is 11.9 Å². The molecule has 5 heteroatoms. The quantitative estimate of drug-likeness (QED) is 0.426. The van der Waals surface area contributed by atoms with Crippen LogP contribution < -0.4 is 5.73 Å². The Kier molecular flexibility index (Phi) is 3.25. The van der Waals surface area contributed by atoms with Gasteiger partial charge in [0.25, 0.3) is 0 Å². The highest BCUT2D eigenvalue weighted by Gasteiger charge is 2.28. The molecule has 0 aliphatic carbocycles. The molecular formula is C8H14N2O3. The van der Waals surface area contributed by atoms with Gasteiger partial charge in [0.05, 0.1) is 6.61 Å². The Morgan fingerprint density at radius 3 is 2.77 bits per heavy atom. The second-order valence-corrected chi connectivity index (χ2v) is 3.02. The summed E-state index contributed by atoms with van der Waals surface area (Å²) in [5.41, 5.74) is 5.59. The van der Waals surface area contributed by atoms with Crippen LogP contribution in [0.15, 0.2) is 0 Å². The van der Waals surface area contributed by atoms with Crippen molar-refractivity contribution in [2.75, 3.05) is 19.7 Å². The lowest BCUT2D eigenvalue weighted by molar-refractivity contribution is -0.159. The van der Waals surface area contributed by atoms with Gasteiger partial charge in [-0.15, -0.1) is 0 Å². The minimum absolute atomic E-state index is 0.00150. The van der Waals surface area contributed by atoms with Crippen LogP contribution in [0.5, 0.6) is 0 Å². The summed E-state index contributed by atoms with van der Waals surface area (Å²) in [7, 11) is 0. The summed E-state index contributed by atoms with van der Waals surface area (Å²) in [6.07, 6.45) is 0.755. The first-order valence-electron chi connectivity index (χ1n) is 4.36. The van der Waals surface area contributed by atoms with Gasteiger partial charge in [0.15, 0.2) is 0 Å². The molecule has 1 saturated heterocycles. The van der Waals surface area contributed by atoms with Gasteiger partial charge in [-0.1, -0.05) is 0 Å². The molecule has 5 nitrogen and oxygen atoms in total. The van der Waals surface area contributed by atoms with Crippen molar-refractivity contribution in [3.63, 3.8) is 0 Å². The maximum atomic E-state index is 11.3. The van der Waals surface area contributed by atoms with E-state index in [1.165, 1.54) is 4.90 Å². The highest BCUT2D eigenvalue weighted by atomic mass is 16.5. The van der Waals surface area contributed by atoms with E-state index < -0.39 is 11.9 Å². The van der Waals surface area contributed by atoms with E-state index in [4.69, 9.17) is 5.73 Å². The largest absolute Gasteiger partial charge is 0.459 e. The third-order valence-electron chi connectivity index (χ3n) is 1.96. The van der Waals surface area contributed by atoms with Gasteiger partial charge in [-0.3, -0.25) is 4.79 Å². The summed E-state index contributed by atoms with van der Waals surface area (Å²) in [6, 6.07) is -0.00150. The van der Waals surface area contributed by atoms with Crippen LogP contribution in [-0.4, -0.2) is 42.5 Å². The number of carbonyl (C=O) groups is 2. The highest BCUT2D eigenvalue weighted by Crippen LogP contribution is 2.07. The van der Waals surface area contributed by atoms with Gasteiger partial charge in [0.1, 0.15) is 0 Å². The van der Waals surface area contributed by atoms with Crippen LogP contribution in [0, 0.1) is 0 Å². The Bertz CT molecular complexity index is 217. The number of nitrogens with zero attached hydrogens (tertiary/aromatic N) is 1. The van der Waals surface area contributed by atoms with Crippen molar-refractivity contribution < 1.29 is 14.3 Å². The first-order valence-corrected chi connectivity index (χ1v) is 4.36. The van der Waals surface area contributed by atoms with Gasteiger partial charge >= 0.3 is 11.9 Å². The molecular weight excluding hydrogens is 172 g/mol. The fourth-order valence-corrected chi connectivity index (χ4v) is 1.29. The van der Waals surface area contributed by atoms with Crippen LogP contribution in [0.1, 0.15) is 13.3 Å². The molecule has 2 N–H and O–H groups in total. The molecule has 1 atom stereocenters. The van der Waals surface area contributed by atoms with Gasteiger partial charge in [-0.25, -0.2) is 4.79 Å². The Morgan fingerprint density at radius 1 is 1.62 bits per heavy atom. The van der Waals surface area contributed by atoms with Crippen LogP contribution in [-0.2, 0) is 14.3 Å². The zero-order chi connectivity index (χ0) is 9.84. The van der Waals surface area contributed by atoms with E-state index in [-0.39, 0.29) is 12.6 Å². The van der Waals surface area contributed by atoms with Crippen LogP contribution in [0.4, 0.5) is 0 Å². The fourth-order valence-electron chi connectivity index (χ4n) is 1.29. The summed E-state index contributed by atoms with van der Waals surface area (Å²) in [5.74, 6) is -1.36. The van der Waals surface area contributed by atoms with E-state index in [0.29, 0.717) is 13.1 Å². The summed E-state index contributed by atoms with van der Waals surface area (Å²) in [6.45, 7) is 2.90. The van der Waals surface area contributed by atoms with E-state index >= 15 is 0 Å². The van der Waals surface area contributed by atoms with Crippen molar-refractivity contribution in [1.82, 2.24) is 4.90 Å². The zero-order valence-corrected chi connectivity index (χ0v) is 7.66. The van der Waals surface area contributed by atoms with Crippen LogP contribution in [0.2, 0.25) is 0 Å². The predicted octanol–water partition coefficient (Wildman–Crippen LogP) is -0.891. The van der Waals surface area contributed by atoms with E-state index in [0.717, 1.165) is 6.42 Å². The number of carbonyl (C=O) groups excluding carboxylic acids is 2. The smallest absolute Gasteiger partial charge is 0.397 e. The first kappa shape index (κ1) is 9.98. The molecule has 1 aliphatic rings. The molecule has 0 saturated carbocycles. The Balaban J connectivity index is 2.43. The molecule has 0 radical (unpaired) electrons. The average molecular weight is 186 g/mol. The van der Waals surface area contributed by atoms with Gasteiger partial charge < -0.3 is 15.4 Å². The minimum Gasteiger partial charge on any atom is -0.459 e. The van der Waals surface area contributed by atoms with Crippen LogP contribution >= 0.6 is 0 Å². The zero-order valence-electron chi connectivity index (χ0n) is 7.66. The summed E-state index contributed by atoms with van der Waals surface area (Å²) in [5, 5.41) is 0. The number of hydrogen-bond acceptors (Lipinski definition) is 4. The van der Waals surface area contributed by atoms with Crippen LogP contribution in [0.25, 0.3) is 0 Å². The number of nitrogens with two attached hydrogens (primary N) is 1. The summed E-state index contributed by atoms with van der Waals surface area (Å²) < 4.78 is 4.58. The summed E-state index contributed by atoms with van der Waals surface area (Å²) >= 11 is 0. The molecule has 0 aromatic rings. The lowest BCUT2D eigenvalue weighted by Gasteiger charge is -2.13. The number of amides is 1. The molecule has 1 fully saturated rings. The molecule has 1 rings (SSSR count). The molecule has 0 spiro atoms. The van der Waals surface area contributed by atoms with Crippen LogP contribution in [0.3, 0.4) is 0 Å². The number of hydrogen-bond donors (Lipinski definition) is 1. The Labute approximate surface area is 76.8 Å².